The number of urea groups is 1. The molecule has 0 aliphatic carbocycles. The number of aryl methyl sites for hydroxylation is 1. The van der Waals surface area contributed by atoms with Crippen molar-refractivity contribution in [1.82, 2.24) is 5.43 Å². The molecule has 0 radical (unpaired) electrons. The number of carbonyl (C=O) groups is 1. The number of hydrazone groups is 1. The van der Waals surface area contributed by atoms with Gasteiger partial charge in [0.25, 0.3) is 0 Å². The zero-order valence-electron chi connectivity index (χ0n) is 10.6. The molecule has 4 heteroatoms. The van der Waals surface area contributed by atoms with Crippen LogP contribution < -0.4 is 10.7 Å². The summed E-state index contributed by atoms with van der Waals surface area (Å²) in [6, 6.07) is 16.7. The summed E-state index contributed by atoms with van der Waals surface area (Å²) >= 11 is 0. The second-order valence-electron chi connectivity index (χ2n) is 4.10. The highest BCUT2D eigenvalue weighted by Gasteiger charge is 1.98. The molecule has 2 rings (SSSR count). The average molecular weight is 253 g/mol. The van der Waals surface area contributed by atoms with Crippen LogP contribution in [0, 0.1) is 6.92 Å². The van der Waals surface area contributed by atoms with Crippen LogP contribution in [-0.2, 0) is 0 Å². The Labute approximate surface area is 112 Å². The van der Waals surface area contributed by atoms with E-state index in [0.717, 1.165) is 16.8 Å². The first-order valence-electron chi connectivity index (χ1n) is 5.96. The Morgan fingerprint density at radius 2 is 1.74 bits per heavy atom. The summed E-state index contributed by atoms with van der Waals surface area (Å²) in [7, 11) is 0. The minimum Gasteiger partial charge on any atom is -0.307 e. The Bertz CT molecular complexity index is 562. The minimum atomic E-state index is -0.365. The van der Waals surface area contributed by atoms with Crippen molar-refractivity contribution >= 4 is 17.9 Å². The van der Waals surface area contributed by atoms with Gasteiger partial charge >= 0.3 is 6.03 Å². The second kappa shape index (κ2) is 6.35. The summed E-state index contributed by atoms with van der Waals surface area (Å²) in [6.07, 6.45) is 1.59. The molecule has 0 bridgehead atoms. The summed E-state index contributed by atoms with van der Waals surface area (Å²) in [5.41, 5.74) is 5.22. The van der Waals surface area contributed by atoms with Gasteiger partial charge in [0, 0.05) is 5.69 Å². The van der Waals surface area contributed by atoms with Gasteiger partial charge in [-0.05, 0) is 24.6 Å². The molecule has 4 nitrogen and oxygen atoms in total. The lowest BCUT2D eigenvalue weighted by molar-refractivity contribution is 0.252. The molecule has 19 heavy (non-hydrogen) atoms. The molecule has 0 atom stereocenters. The highest BCUT2D eigenvalue weighted by atomic mass is 16.2. The summed E-state index contributed by atoms with van der Waals surface area (Å²) in [6.45, 7) is 1.99. The monoisotopic (exact) mass is 253 g/mol. The smallest absolute Gasteiger partial charge is 0.307 e. The van der Waals surface area contributed by atoms with Crippen LogP contribution in [0.15, 0.2) is 59.7 Å². The topological polar surface area (TPSA) is 53.5 Å². The Hall–Kier alpha value is -2.62. The van der Waals surface area contributed by atoms with E-state index in [2.05, 4.69) is 15.8 Å². The maximum atomic E-state index is 11.6. The van der Waals surface area contributed by atoms with Gasteiger partial charge in [-0.3, -0.25) is 0 Å². The Morgan fingerprint density at radius 1 is 1.05 bits per heavy atom. The molecule has 0 saturated heterocycles. The van der Waals surface area contributed by atoms with E-state index in [-0.39, 0.29) is 6.03 Å². The van der Waals surface area contributed by atoms with E-state index in [1.165, 1.54) is 0 Å². The van der Waals surface area contributed by atoms with Gasteiger partial charge in [0.05, 0.1) is 6.21 Å². The van der Waals surface area contributed by atoms with Crippen LogP contribution in [-0.4, -0.2) is 12.2 Å². The van der Waals surface area contributed by atoms with E-state index < -0.39 is 0 Å². The number of benzene rings is 2. The molecule has 0 aromatic heterocycles. The van der Waals surface area contributed by atoms with Crippen LogP contribution >= 0.6 is 0 Å². The Morgan fingerprint density at radius 3 is 2.42 bits per heavy atom. The average Bonchev–Trinajstić information content (AvgIpc) is 2.43. The molecular weight excluding hydrogens is 238 g/mol. The number of hydrogen-bond acceptors (Lipinski definition) is 2. The first-order chi connectivity index (χ1) is 9.24. The lowest BCUT2D eigenvalue weighted by Crippen LogP contribution is -2.24. The lowest BCUT2D eigenvalue weighted by atomic mass is 10.2. The standard InChI is InChI=1S/C15H15N3O/c1-12-7-9-14(10-8-12)17-15(19)18-16-11-13-5-3-2-4-6-13/h2-11H,1H3,(H2,17,18,19). The molecule has 2 N–H and O–H groups in total. The summed E-state index contributed by atoms with van der Waals surface area (Å²) < 4.78 is 0. The number of nitrogens with one attached hydrogen (secondary N) is 2. The van der Waals surface area contributed by atoms with Gasteiger partial charge in [0.1, 0.15) is 0 Å². The van der Waals surface area contributed by atoms with Gasteiger partial charge in [0.15, 0.2) is 0 Å². The molecule has 0 aliphatic rings. The van der Waals surface area contributed by atoms with Crippen molar-refractivity contribution in [3.8, 4) is 0 Å². The number of nitrogens with zero attached hydrogens (tertiary/aromatic N) is 1. The quantitative estimate of drug-likeness (QED) is 0.640. The fraction of sp³-hybridized carbons (Fsp3) is 0.0667. The van der Waals surface area contributed by atoms with Crippen LogP contribution in [0.4, 0.5) is 10.5 Å². The molecule has 0 fully saturated rings. The first kappa shape index (κ1) is 12.8. The molecule has 0 spiro atoms. The van der Waals surface area contributed by atoms with Crippen molar-refractivity contribution in [3.05, 3.63) is 65.7 Å². The van der Waals surface area contributed by atoms with Crippen LogP contribution in [0.1, 0.15) is 11.1 Å². The molecule has 2 amide bonds. The van der Waals surface area contributed by atoms with E-state index in [9.17, 15) is 4.79 Å². The summed E-state index contributed by atoms with van der Waals surface area (Å²) in [4.78, 5) is 11.6. The third-order valence-electron chi connectivity index (χ3n) is 2.49. The minimum absolute atomic E-state index is 0.365. The maximum absolute atomic E-state index is 11.6. The highest BCUT2D eigenvalue weighted by Crippen LogP contribution is 2.07. The van der Waals surface area contributed by atoms with Crippen molar-refractivity contribution in [1.29, 1.82) is 0 Å². The predicted molar refractivity (Wildman–Crippen MR) is 77.4 cm³/mol. The van der Waals surface area contributed by atoms with Gasteiger partial charge in [-0.15, -0.1) is 0 Å². The van der Waals surface area contributed by atoms with Crippen LogP contribution in [0.5, 0.6) is 0 Å². The molecule has 2 aromatic carbocycles. The summed E-state index contributed by atoms with van der Waals surface area (Å²) in [5, 5.41) is 6.56. The first-order valence-corrected chi connectivity index (χ1v) is 5.96. The van der Waals surface area contributed by atoms with Gasteiger partial charge in [0.2, 0.25) is 0 Å². The van der Waals surface area contributed by atoms with E-state index in [1.54, 1.807) is 6.21 Å². The normalized spacial score (nSPS) is 10.4. The Kier molecular flexibility index (Phi) is 4.29. The number of carbonyl (C=O) groups excluding carboxylic acids is 1. The fourth-order valence-electron chi connectivity index (χ4n) is 1.50. The number of amides is 2. The van der Waals surface area contributed by atoms with Crippen molar-refractivity contribution in [2.45, 2.75) is 6.92 Å². The number of hydrogen-bond donors (Lipinski definition) is 2. The van der Waals surface area contributed by atoms with E-state index >= 15 is 0 Å². The SMILES string of the molecule is Cc1ccc(NC(=O)NN=Cc2ccccc2)cc1. The van der Waals surface area contributed by atoms with Gasteiger partial charge in [-0.25, -0.2) is 10.2 Å². The molecule has 0 aliphatic heterocycles. The second-order valence-corrected chi connectivity index (χ2v) is 4.10. The van der Waals surface area contributed by atoms with E-state index in [4.69, 9.17) is 0 Å². The third-order valence-corrected chi connectivity index (χ3v) is 2.49. The van der Waals surface area contributed by atoms with Gasteiger partial charge in [-0.1, -0.05) is 48.0 Å². The third kappa shape index (κ3) is 4.27. The van der Waals surface area contributed by atoms with E-state index in [1.807, 2.05) is 61.5 Å². The molecule has 0 heterocycles. The Balaban J connectivity index is 1.85. The van der Waals surface area contributed by atoms with Crippen molar-refractivity contribution in [3.63, 3.8) is 0 Å². The molecular formula is C15H15N3O. The van der Waals surface area contributed by atoms with Gasteiger partial charge < -0.3 is 5.32 Å². The number of rotatable bonds is 3. The molecule has 96 valence electrons. The van der Waals surface area contributed by atoms with Crippen LogP contribution in [0.25, 0.3) is 0 Å². The van der Waals surface area contributed by atoms with Crippen LogP contribution in [0.2, 0.25) is 0 Å². The summed E-state index contributed by atoms with van der Waals surface area (Å²) in [5.74, 6) is 0. The molecule has 0 saturated carbocycles. The van der Waals surface area contributed by atoms with E-state index in [0.29, 0.717) is 0 Å². The lowest BCUT2D eigenvalue weighted by Gasteiger charge is -2.04. The van der Waals surface area contributed by atoms with Crippen molar-refractivity contribution in [2.24, 2.45) is 5.10 Å². The van der Waals surface area contributed by atoms with Gasteiger partial charge in [-0.2, -0.15) is 5.10 Å². The molecule has 0 unspecified atom stereocenters. The van der Waals surface area contributed by atoms with Crippen molar-refractivity contribution in [2.75, 3.05) is 5.32 Å². The number of anilines is 1. The molecule has 2 aromatic rings. The predicted octanol–water partition coefficient (Wildman–Crippen LogP) is 3.15. The fourth-order valence-corrected chi connectivity index (χ4v) is 1.50. The maximum Gasteiger partial charge on any atom is 0.339 e. The zero-order valence-corrected chi connectivity index (χ0v) is 10.6. The largest absolute Gasteiger partial charge is 0.339 e. The zero-order chi connectivity index (χ0) is 13.5. The van der Waals surface area contributed by atoms with Crippen LogP contribution in [0.3, 0.4) is 0 Å². The highest BCUT2D eigenvalue weighted by molar-refractivity contribution is 5.90. The van der Waals surface area contributed by atoms with Crippen molar-refractivity contribution < 1.29 is 4.79 Å².